The number of likely N-dealkylation sites (tertiary alicyclic amines) is 1. The quantitative estimate of drug-likeness (QED) is 0.694. The molecule has 1 saturated heterocycles. The molecule has 0 aromatic carbocycles. The van der Waals surface area contributed by atoms with Crippen molar-refractivity contribution in [2.24, 2.45) is 0 Å². The highest BCUT2D eigenvalue weighted by molar-refractivity contribution is 5.78. The standard InChI is InChI=1S/C12H13N3O2/c1-17-11-6-7-13-10(14-11)4-2-8-15-9-3-5-12(15)16/h6-7H,3,5,8-9H2,1H3. The summed E-state index contributed by atoms with van der Waals surface area (Å²) in [7, 11) is 1.54. The molecule has 0 N–H and O–H groups in total. The van der Waals surface area contributed by atoms with Gasteiger partial charge in [0.25, 0.3) is 0 Å². The zero-order valence-corrected chi connectivity index (χ0v) is 9.64. The molecule has 5 nitrogen and oxygen atoms in total. The first kappa shape index (κ1) is 11.4. The normalized spacial score (nSPS) is 14.4. The number of ether oxygens (including phenoxy) is 1. The molecule has 0 unspecified atom stereocenters. The first-order valence-electron chi connectivity index (χ1n) is 5.43. The van der Waals surface area contributed by atoms with Crippen LogP contribution in [0.2, 0.25) is 0 Å². The van der Waals surface area contributed by atoms with Gasteiger partial charge in [0.1, 0.15) is 0 Å². The molecule has 1 aromatic rings. The van der Waals surface area contributed by atoms with Gasteiger partial charge < -0.3 is 9.64 Å². The monoisotopic (exact) mass is 231 g/mol. The Kier molecular flexibility index (Phi) is 3.55. The largest absolute Gasteiger partial charge is 0.481 e. The molecule has 0 spiro atoms. The van der Waals surface area contributed by atoms with E-state index in [1.54, 1.807) is 24.3 Å². The number of hydrogen-bond donors (Lipinski definition) is 0. The summed E-state index contributed by atoms with van der Waals surface area (Å²) in [4.78, 5) is 21.1. The van der Waals surface area contributed by atoms with Gasteiger partial charge in [0.15, 0.2) is 0 Å². The van der Waals surface area contributed by atoms with E-state index >= 15 is 0 Å². The van der Waals surface area contributed by atoms with Crippen molar-refractivity contribution >= 4 is 5.91 Å². The van der Waals surface area contributed by atoms with E-state index in [9.17, 15) is 4.79 Å². The molecule has 0 bridgehead atoms. The summed E-state index contributed by atoms with van der Waals surface area (Å²) in [5, 5.41) is 0. The number of carbonyl (C=O) groups is 1. The number of methoxy groups -OCH3 is 1. The van der Waals surface area contributed by atoms with Crippen LogP contribution in [0.25, 0.3) is 0 Å². The Hall–Kier alpha value is -2.09. The summed E-state index contributed by atoms with van der Waals surface area (Å²) >= 11 is 0. The lowest BCUT2D eigenvalue weighted by atomic mass is 10.4. The first-order valence-corrected chi connectivity index (χ1v) is 5.43. The fraction of sp³-hybridized carbons (Fsp3) is 0.417. The van der Waals surface area contributed by atoms with E-state index < -0.39 is 0 Å². The van der Waals surface area contributed by atoms with Crippen LogP contribution in [0.4, 0.5) is 0 Å². The van der Waals surface area contributed by atoms with Crippen molar-refractivity contribution in [3.05, 3.63) is 18.1 Å². The van der Waals surface area contributed by atoms with Crippen molar-refractivity contribution in [1.82, 2.24) is 14.9 Å². The topological polar surface area (TPSA) is 55.3 Å². The average Bonchev–Trinajstić information content (AvgIpc) is 2.76. The van der Waals surface area contributed by atoms with Crippen molar-refractivity contribution in [1.29, 1.82) is 0 Å². The minimum absolute atomic E-state index is 0.172. The maximum absolute atomic E-state index is 11.3. The van der Waals surface area contributed by atoms with E-state index in [2.05, 4.69) is 21.8 Å². The molecule has 88 valence electrons. The van der Waals surface area contributed by atoms with E-state index in [1.807, 2.05) is 0 Å². The smallest absolute Gasteiger partial charge is 0.223 e. The van der Waals surface area contributed by atoms with E-state index in [1.165, 1.54) is 0 Å². The predicted octanol–water partition coefficient (Wildman–Crippen LogP) is 0.459. The van der Waals surface area contributed by atoms with Gasteiger partial charge in [-0.25, -0.2) is 4.98 Å². The van der Waals surface area contributed by atoms with Crippen LogP contribution in [-0.2, 0) is 4.79 Å². The number of carbonyl (C=O) groups excluding carboxylic acids is 1. The molecular weight excluding hydrogens is 218 g/mol. The molecule has 1 aromatic heterocycles. The molecule has 2 heterocycles. The van der Waals surface area contributed by atoms with Crippen LogP contribution in [0.15, 0.2) is 12.3 Å². The lowest BCUT2D eigenvalue weighted by Gasteiger charge is -2.09. The average molecular weight is 231 g/mol. The number of amides is 1. The first-order chi connectivity index (χ1) is 8.29. The Balaban J connectivity index is 1.98. The maximum atomic E-state index is 11.3. The second-order valence-corrected chi connectivity index (χ2v) is 3.64. The van der Waals surface area contributed by atoms with Gasteiger partial charge >= 0.3 is 0 Å². The second-order valence-electron chi connectivity index (χ2n) is 3.64. The molecule has 0 radical (unpaired) electrons. The van der Waals surface area contributed by atoms with Crippen molar-refractivity contribution in [2.45, 2.75) is 12.8 Å². The highest BCUT2D eigenvalue weighted by atomic mass is 16.5. The van der Waals surface area contributed by atoms with E-state index in [4.69, 9.17) is 4.74 Å². The van der Waals surface area contributed by atoms with Gasteiger partial charge in [0, 0.05) is 25.2 Å². The van der Waals surface area contributed by atoms with Crippen LogP contribution >= 0.6 is 0 Å². The molecule has 2 rings (SSSR count). The summed E-state index contributed by atoms with van der Waals surface area (Å²) < 4.78 is 4.97. The van der Waals surface area contributed by atoms with Gasteiger partial charge in [-0.05, 0) is 12.3 Å². The van der Waals surface area contributed by atoms with Crippen LogP contribution in [0.3, 0.4) is 0 Å². The van der Waals surface area contributed by atoms with Crippen LogP contribution in [-0.4, -0.2) is 41.0 Å². The molecular formula is C12H13N3O2. The molecule has 5 heteroatoms. The number of aromatic nitrogens is 2. The highest BCUT2D eigenvalue weighted by Crippen LogP contribution is 2.08. The predicted molar refractivity (Wildman–Crippen MR) is 61.3 cm³/mol. The molecule has 1 fully saturated rings. The summed E-state index contributed by atoms with van der Waals surface area (Å²) in [6.07, 6.45) is 3.16. The van der Waals surface area contributed by atoms with Crippen molar-refractivity contribution < 1.29 is 9.53 Å². The van der Waals surface area contributed by atoms with Crippen LogP contribution < -0.4 is 4.74 Å². The van der Waals surface area contributed by atoms with Gasteiger partial charge in [-0.1, -0.05) is 5.92 Å². The van der Waals surface area contributed by atoms with Gasteiger partial charge in [0.05, 0.1) is 13.7 Å². The van der Waals surface area contributed by atoms with Crippen LogP contribution in [0.1, 0.15) is 18.7 Å². The van der Waals surface area contributed by atoms with Crippen molar-refractivity contribution in [3.63, 3.8) is 0 Å². The third kappa shape index (κ3) is 2.94. The third-order valence-electron chi connectivity index (χ3n) is 2.48. The van der Waals surface area contributed by atoms with Crippen LogP contribution in [0, 0.1) is 11.8 Å². The molecule has 1 aliphatic rings. The molecule has 0 atom stereocenters. The third-order valence-corrected chi connectivity index (χ3v) is 2.48. The van der Waals surface area contributed by atoms with Gasteiger partial charge in [-0.15, -0.1) is 0 Å². The van der Waals surface area contributed by atoms with Crippen molar-refractivity contribution in [3.8, 4) is 17.7 Å². The Labute approximate surface area is 99.8 Å². The summed E-state index contributed by atoms with van der Waals surface area (Å²) in [5.41, 5.74) is 0. The zero-order chi connectivity index (χ0) is 12.1. The fourth-order valence-electron chi connectivity index (χ4n) is 1.60. The van der Waals surface area contributed by atoms with Gasteiger partial charge in [-0.3, -0.25) is 4.79 Å². The minimum atomic E-state index is 0.172. The number of hydrogen-bond acceptors (Lipinski definition) is 4. The number of nitrogens with zero attached hydrogens (tertiary/aromatic N) is 3. The maximum Gasteiger partial charge on any atom is 0.223 e. The van der Waals surface area contributed by atoms with E-state index in [-0.39, 0.29) is 5.91 Å². The minimum Gasteiger partial charge on any atom is -0.481 e. The van der Waals surface area contributed by atoms with Crippen molar-refractivity contribution in [2.75, 3.05) is 20.2 Å². The fourth-order valence-corrected chi connectivity index (χ4v) is 1.60. The lowest BCUT2D eigenvalue weighted by molar-refractivity contribution is -0.127. The van der Waals surface area contributed by atoms with E-state index in [0.29, 0.717) is 24.7 Å². The Morgan fingerprint density at radius 1 is 1.59 bits per heavy atom. The lowest BCUT2D eigenvalue weighted by Crippen LogP contribution is -2.24. The number of rotatable bonds is 2. The Morgan fingerprint density at radius 2 is 2.47 bits per heavy atom. The molecule has 0 saturated carbocycles. The van der Waals surface area contributed by atoms with Crippen LogP contribution in [0.5, 0.6) is 5.88 Å². The zero-order valence-electron chi connectivity index (χ0n) is 9.64. The second kappa shape index (κ2) is 5.30. The van der Waals surface area contributed by atoms with Gasteiger partial charge in [0.2, 0.25) is 17.6 Å². The molecule has 17 heavy (non-hydrogen) atoms. The summed E-state index contributed by atoms with van der Waals surface area (Å²) in [5.74, 6) is 6.79. The highest BCUT2D eigenvalue weighted by Gasteiger charge is 2.18. The molecule has 1 amide bonds. The molecule has 0 aliphatic carbocycles. The summed E-state index contributed by atoms with van der Waals surface area (Å²) in [6.45, 7) is 1.24. The Bertz CT molecular complexity index is 476. The Morgan fingerprint density at radius 3 is 3.18 bits per heavy atom. The van der Waals surface area contributed by atoms with Gasteiger partial charge in [-0.2, -0.15) is 4.98 Å². The summed E-state index contributed by atoms with van der Waals surface area (Å²) in [6, 6.07) is 1.66. The van der Waals surface area contributed by atoms with E-state index in [0.717, 1.165) is 13.0 Å². The SMILES string of the molecule is COc1ccnc(C#CCN2CCCC2=O)n1. The molecule has 1 aliphatic heterocycles.